The van der Waals surface area contributed by atoms with E-state index < -0.39 is 0 Å². The van der Waals surface area contributed by atoms with Crippen LogP contribution in [0.25, 0.3) is 0 Å². The first-order valence-corrected chi connectivity index (χ1v) is 4.05. The number of rotatable bonds is 3. The lowest BCUT2D eigenvalue weighted by atomic mass is 10.3. The Morgan fingerprint density at radius 3 is 2.64 bits per heavy atom. The predicted octanol–water partition coefficient (Wildman–Crippen LogP) is 1.51. The Hall–Kier alpha value is -0.990. The molecule has 11 heavy (non-hydrogen) atoms. The van der Waals surface area contributed by atoms with E-state index in [0.717, 1.165) is 24.3 Å². The topological polar surface area (TPSA) is 29.9 Å². The molecule has 0 saturated carbocycles. The standard InChI is InChI=1S/C8H15N3/c1-4-7-8(9-3)6-11(5-2)10-7/h6,9H,4-5H2,1-3H3. The molecule has 62 valence electrons. The maximum atomic E-state index is 4.37. The van der Waals surface area contributed by atoms with E-state index in [0.29, 0.717) is 0 Å². The maximum Gasteiger partial charge on any atom is 0.0853 e. The summed E-state index contributed by atoms with van der Waals surface area (Å²) in [5.74, 6) is 0. The summed E-state index contributed by atoms with van der Waals surface area (Å²) in [6, 6.07) is 0. The van der Waals surface area contributed by atoms with Gasteiger partial charge in [-0.15, -0.1) is 0 Å². The van der Waals surface area contributed by atoms with Crippen molar-refractivity contribution in [2.24, 2.45) is 0 Å². The smallest absolute Gasteiger partial charge is 0.0853 e. The highest BCUT2D eigenvalue weighted by molar-refractivity contribution is 5.45. The van der Waals surface area contributed by atoms with Crippen LogP contribution in [0, 0.1) is 0 Å². The Morgan fingerprint density at radius 2 is 2.27 bits per heavy atom. The Kier molecular flexibility index (Phi) is 2.52. The summed E-state index contributed by atoms with van der Waals surface area (Å²) in [5.41, 5.74) is 2.30. The summed E-state index contributed by atoms with van der Waals surface area (Å²) in [5, 5.41) is 7.49. The van der Waals surface area contributed by atoms with Crippen molar-refractivity contribution in [3.8, 4) is 0 Å². The molecule has 1 heterocycles. The zero-order chi connectivity index (χ0) is 8.27. The fourth-order valence-electron chi connectivity index (χ4n) is 1.09. The van der Waals surface area contributed by atoms with Gasteiger partial charge in [0.25, 0.3) is 0 Å². The Bertz CT molecular complexity index is 206. The summed E-state index contributed by atoms with van der Waals surface area (Å²) < 4.78 is 1.95. The predicted molar refractivity (Wildman–Crippen MR) is 46.8 cm³/mol. The third kappa shape index (κ3) is 1.53. The SMILES string of the molecule is CCc1nn(CC)cc1NC. The van der Waals surface area contributed by atoms with E-state index in [-0.39, 0.29) is 0 Å². The number of hydrogen-bond donors (Lipinski definition) is 1. The molecule has 0 spiro atoms. The second kappa shape index (κ2) is 3.42. The van der Waals surface area contributed by atoms with Gasteiger partial charge in [0.05, 0.1) is 11.4 Å². The van der Waals surface area contributed by atoms with Gasteiger partial charge in [-0.3, -0.25) is 4.68 Å². The van der Waals surface area contributed by atoms with Gasteiger partial charge in [0.15, 0.2) is 0 Å². The van der Waals surface area contributed by atoms with Gasteiger partial charge in [-0.1, -0.05) is 6.92 Å². The van der Waals surface area contributed by atoms with Crippen molar-refractivity contribution in [2.75, 3.05) is 12.4 Å². The Morgan fingerprint density at radius 1 is 1.55 bits per heavy atom. The molecule has 0 bridgehead atoms. The fraction of sp³-hybridized carbons (Fsp3) is 0.625. The molecule has 0 aromatic carbocycles. The van der Waals surface area contributed by atoms with Crippen LogP contribution in [0.15, 0.2) is 6.20 Å². The number of aryl methyl sites for hydroxylation is 2. The Balaban J connectivity index is 2.92. The molecule has 0 aliphatic heterocycles. The van der Waals surface area contributed by atoms with E-state index in [4.69, 9.17) is 0 Å². The maximum absolute atomic E-state index is 4.37. The van der Waals surface area contributed by atoms with Crippen molar-refractivity contribution in [3.05, 3.63) is 11.9 Å². The average Bonchev–Trinajstić information content (AvgIpc) is 2.46. The van der Waals surface area contributed by atoms with Crippen LogP contribution in [-0.4, -0.2) is 16.8 Å². The number of nitrogens with zero attached hydrogens (tertiary/aromatic N) is 2. The minimum atomic E-state index is 0.939. The van der Waals surface area contributed by atoms with Gasteiger partial charge in [-0.2, -0.15) is 5.10 Å². The molecule has 0 saturated heterocycles. The first-order valence-electron chi connectivity index (χ1n) is 4.05. The lowest BCUT2D eigenvalue weighted by molar-refractivity contribution is 0.648. The molecular formula is C8H15N3. The normalized spacial score (nSPS) is 10.1. The molecule has 0 aliphatic rings. The minimum absolute atomic E-state index is 0.939. The third-order valence-corrected chi connectivity index (χ3v) is 1.77. The number of nitrogens with one attached hydrogen (secondary N) is 1. The van der Waals surface area contributed by atoms with E-state index in [1.807, 2.05) is 17.9 Å². The molecule has 3 heteroatoms. The molecule has 1 aromatic rings. The summed E-state index contributed by atoms with van der Waals surface area (Å²) in [4.78, 5) is 0. The molecule has 0 fully saturated rings. The first kappa shape index (κ1) is 8.11. The average molecular weight is 153 g/mol. The molecule has 1 aromatic heterocycles. The summed E-state index contributed by atoms with van der Waals surface area (Å²) in [6.07, 6.45) is 3.03. The molecular weight excluding hydrogens is 138 g/mol. The molecule has 3 nitrogen and oxygen atoms in total. The first-order chi connectivity index (χ1) is 5.31. The number of hydrogen-bond acceptors (Lipinski definition) is 2. The fourth-order valence-corrected chi connectivity index (χ4v) is 1.09. The van der Waals surface area contributed by atoms with E-state index >= 15 is 0 Å². The highest BCUT2D eigenvalue weighted by atomic mass is 15.3. The van der Waals surface area contributed by atoms with Crippen LogP contribution in [0.2, 0.25) is 0 Å². The van der Waals surface area contributed by atoms with Crippen molar-refractivity contribution in [2.45, 2.75) is 26.8 Å². The Labute approximate surface area is 67.4 Å². The lowest BCUT2D eigenvalue weighted by Gasteiger charge is -1.94. The molecule has 0 unspecified atom stereocenters. The van der Waals surface area contributed by atoms with Gasteiger partial charge >= 0.3 is 0 Å². The number of anilines is 1. The summed E-state index contributed by atoms with van der Waals surface area (Å²) >= 11 is 0. The lowest BCUT2D eigenvalue weighted by Crippen LogP contribution is -1.94. The zero-order valence-electron chi connectivity index (χ0n) is 7.39. The van der Waals surface area contributed by atoms with Crippen LogP contribution in [0.4, 0.5) is 5.69 Å². The van der Waals surface area contributed by atoms with Crippen LogP contribution in [0.3, 0.4) is 0 Å². The number of aromatic nitrogens is 2. The van der Waals surface area contributed by atoms with Crippen LogP contribution < -0.4 is 5.32 Å². The summed E-state index contributed by atoms with van der Waals surface area (Å²) in [7, 11) is 1.93. The van der Waals surface area contributed by atoms with Crippen molar-refractivity contribution in [1.29, 1.82) is 0 Å². The van der Waals surface area contributed by atoms with Gasteiger partial charge in [0.1, 0.15) is 0 Å². The van der Waals surface area contributed by atoms with Crippen molar-refractivity contribution < 1.29 is 0 Å². The van der Waals surface area contributed by atoms with Crippen molar-refractivity contribution in [1.82, 2.24) is 9.78 Å². The third-order valence-electron chi connectivity index (χ3n) is 1.77. The van der Waals surface area contributed by atoms with E-state index in [9.17, 15) is 0 Å². The largest absolute Gasteiger partial charge is 0.385 e. The zero-order valence-corrected chi connectivity index (χ0v) is 7.39. The highest BCUT2D eigenvalue weighted by Gasteiger charge is 2.02. The van der Waals surface area contributed by atoms with Gasteiger partial charge in [-0.05, 0) is 13.3 Å². The highest BCUT2D eigenvalue weighted by Crippen LogP contribution is 2.12. The van der Waals surface area contributed by atoms with Gasteiger partial charge in [-0.25, -0.2) is 0 Å². The quantitative estimate of drug-likeness (QED) is 0.713. The molecule has 1 N–H and O–H groups in total. The van der Waals surface area contributed by atoms with Gasteiger partial charge < -0.3 is 5.32 Å². The molecule has 0 aliphatic carbocycles. The van der Waals surface area contributed by atoms with E-state index in [1.165, 1.54) is 0 Å². The minimum Gasteiger partial charge on any atom is -0.385 e. The van der Waals surface area contributed by atoms with E-state index in [2.05, 4.69) is 24.3 Å². The van der Waals surface area contributed by atoms with Gasteiger partial charge in [0, 0.05) is 19.8 Å². The molecule has 0 radical (unpaired) electrons. The van der Waals surface area contributed by atoms with Crippen LogP contribution >= 0.6 is 0 Å². The molecule has 0 amide bonds. The molecule has 0 atom stereocenters. The molecule has 1 rings (SSSR count). The van der Waals surface area contributed by atoms with Gasteiger partial charge in [0.2, 0.25) is 0 Å². The second-order valence-corrected chi connectivity index (χ2v) is 2.45. The summed E-state index contributed by atoms with van der Waals surface area (Å²) in [6.45, 7) is 5.14. The van der Waals surface area contributed by atoms with Crippen molar-refractivity contribution >= 4 is 5.69 Å². The van der Waals surface area contributed by atoms with Crippen LogP contribution in [-0.2, 0) is 13.0 Å². The second-order valence-electron chi connectivity index (χ2n) is 2.45. The monoisotopic (exact) mass is 153 g/mol. The van der Waals surface area contributed by atoms with Crippen LogP contribution in [0.5, 0.6) is 0 Å². The van der Waals surface area contributed by atoms with E-state index in [1.54, 1.807) is 0 Å². The van der Waals surface area contributed by atoms with Crippen LogP contribution in [0.1, 0.15) is 19.5 Å². The van der Waals surface area contributed by atoms with Crippen molar-refractivity contribution in [3.63, 3.8) is 0 Å².